The highest BCUT2D eigenvalue weighted by atomic mass is 16.5. The normalized spacial score (nSPS) is 12.0. The predicted octanol–water partition coefficient (Wildman–Crippen LogP) is 3.66. The first kappa shape index (κ1) is 20.5. The van der Waals surface area contributed by atoms with Crippen molar-refractivity contribution in [3.8, 4) is 17.2 Å². The summed E-state index contributed by atoms with van der Waals surface area (Å²) in [6, 6.07) is 16.6. The summed E-state index contributed by atoms with van der Waals surface area (Å²) < 4.78 is 13.2. The van der Waals surface area contributed by atoms with Gasteiger partial charge in [0.05, 0.1) is 20.3 Å². The van der Waals surface area contributed by atoms with Crippen LogP contribution in [0.1, 0.15) is 12.5 Å². The van der Waals surface area contributed by atoms with Crippen LogP contribution in [0.5, 0.6) is 17.2 Å². The molecule has 0 amide bonds. The van der Waals surface area contributed by atoms with Crippen molar-refractivity contribution < 1.29 is 14.6 Å². The van der Waals surface area contributed by atoms with Gasteiger partial charge >= 0.3 is 0 Å². The van der Waals surface area contributed by atoms with Gasteiger partial charge in [-0.1, -0.05) is 12.1 Å². The van der Waals surface area contributed by atoms with Gasteiger partial charge in [0, 0.05) is 24.0 Å². The summed E-state index contributed by atoms with van der Waals surface area (Å²) in [5, 5.41) is 18.3. The third kappa shape index (κ3) is 4.54. The Bertz CT molecular complexity index is 1160. The van der Waals surface area contributed by atoms with Crippen LogP contribution in [0.2, 0.25) is 0 Å². The van der Waals surface area contributed by atoms with Crippen molar-refractivity contribution in [1.29, 1.82) is 0 Å². The Balaban J connectivity index is 1.75. The maximum absolute atomic E-state index is 9.52. The van der Waals surface area contributed by atoms with E-state index in [0.717, 1.165) is 16.7 Å². The first-order valence-electron chi connectivity index (χ1n) is 9.96. The molecule has 0 radical (unpaired) electrons. The highest BCUT2D eigenvalue weighted by molar-refractivity contribution is 5.93. The Morgan fingerprint density at radius 1 is 1.06 bits per heavy atom. The summed E-state index contributed by atoms with van der Waals surface area (Å²) in [5.41, 5.74) is 8.18. The topological polar surface area (TPSA) is 107 Å². The van der Waals surface area contributed by atoms with Crippen LogP contribution in [0.3, 0.4) is 0 Å². The molecule has 2 heterocycles. The van der Waals surface area contributed by atoms with Crippen molar-refractivity contribution in [1.82, 2.24) is 14.8 Å². The molecule has 0 fully saturated rings. The molecule has 160 valence electrons. The van der Waals surface area contributed by atoms with Gasteiger partial charge in [0.15, 0.2) is 11.5 Å². The molecule has 2 aromatic carbocycles. The number of aliphatic hydroxyl groups is 1. The fraction of sp³-hybridized carbons (Fsp3) is 0.217. The molecule has 0 spiro atoms. The van der Waals surface area contributed by atoms with E-state index in [0.29, 0.717) is 35.2 Å². The van der Waals surface area contributed by atoms with Crippen LogP contribution < -0.4 is 20.5 Å². The number of hydrogen-bond acceptors (Lipinski definition) is 7. The van der Waals surface area contributed by atoms with E-state index in [2.05, 4.69) is 10.3 Å². The maximum atomic E-state index is 9.52. The van der Waals surface area contributed by atoms with Crippen molar-refractivity contribution >= 4 is 22.5 Å². The van der Waals surface area contributed by atoms with Crippen molar-refractivity contribution in [3.63, 3.8) is 0 Å². The number of rotatable bonds is 8. The monoisotopic (exact) mass is 419 g/mol. The molecule has 0 bridgehead atoms. The number of pyridine rings is 1. The first-order chi connectivity index (χ1) is 15.1. The molecule has 0 aliphatic carbocycles. The number of benzene rings is 2. The quantitative estimate of drug-likeness (QED) is 0.374. The Hall–Kier alpha value is -3.78. The zero-order valence-corrected chi connectivity index (χ0v) is 17.4. The largest absolute Gasteiger partial charge is 0.497 e. The number of aromatic nitrogens is 3. The molecule has 0 saturated carbocycles. The van der Waals surface area contributed by atoms with E-state index in [-0.39, 0.29) is 12.6 Å². The molecule has 2 aromatic heterocycles. The standard InChI is InChI=1S/C23H25N5O3/c1-15(14-29)26-22-21-20(31-19-9-5-17(24)6-10-19)11-12-25-23(21)28(27-22)13-16-3-7-18(30-2)8-4-16/h3-12,15,29H,13-14,24H2,1-2H3,(H,26,27). The summed E-state index contributed by atoms with van der Waals surface area (Å²) in [6.45, 7) is 2.38. The van der Waals surface area contributed by atoms with Crippen molar-refractivity contribution in [2.24, 2.45) is 0 Å². The second-order valence-electron chi connectivity index (χ2n) is 7.26. The van der Waals surface area contributed by atoms with Gasteiger partial charge in [-0.3, -0.25) is 0 Å². The minimum atomic E-state index is -0.183. The van der Waals surface area contributed by atoms with Crippen LogP contribution in [-0.2, 0) is 6.54 Å². The molecule has 31 heavy (non-hydrogen) atoms. The zero-order chi connectivity index (χ0) is 21.8. The number of methoxy groups -OCH3 is 1. The summed E-state index contributed by atoms with van der Waals surface area (Å²) in [5.74, 6) is 2.67. The number of nitrogens with two attached hydrogens (primary N) is 1. The number of nitrogens with one attached hydrogen (secondary N) is 1. The fourth-order valence-electron chi connectivity index (χ4n) is 3.21. The van der Waals surface area contributed by atoms with E-state index in [1.54, 1.807) is 31.5 Å². The molecule has 1 unspecified atom stereocenters. The lowest BCUT2D eigenvalue weighted by Crippen LogP contribution is -2.20. The summed E-state index contributed by atoms with van der Waals surface area (Å²) in [6.07, 6.45) is 1.69. The number of ether oxygens (including phenoxy) is 2. The van der Waals surface area contributed by atoms with Gasteiger partial charge in [-0.15, -0.1) is 0 Å². The smallest absolute Gasteiger partial charge is 0.164 e. The van der Waals surface area contributed by atoms with Gasteiger partial charge in [-0.05, 0) is 48.9 Å². The number of aliphatic hydroxyl groups excluding tert-OH is 1. The molecule has 8 heteroatoms. The molecule has 0 aliphatic rings. The van der Waals surface area contributed by atoms with Crippen LogP contribution in [0, 0.1) is 0 Å². The average molecular weight is 419 g/mol. The minimum absolute atomic E-state index is 0.0265. The third-order valence-electron chi connectivity index (χ3n) is 4.85. The van der Waals surface area contributed by atoms with Gasteiger partial charge in [0.1, 0.15) is 22.6 Å². The summed E-state index contributed by atoms with van der Waals surface area (Å²) in [7, 11) is 1.64. The number of anilines is 2. The van der Waals surface area contributed by atoms with Crippen LogP contribution in [0.4, 0.5) is 11.5 Å². The number of fused-ring (bicyclic) bond motifs is 1. The zero-order valence-electron chi connectivity index (χ0n) is 17.4. The van der Waals surface area contributed by atoms with Crippen molar-refractivity contribution in [3.05, 3.63) is 66.4 Å². The van der Waals surface area contributed by atoms with Crippen molar-refractivity contribution in [2.45, 2.75) is 19.5 Å². The lowest BCUT2D eigenvalue weighted by atomic mass is 10.2. The van der Waals surface area contributed by atoms with Crippen LogP contribution >= 0.6 is 0 Å². The Morgan fingerprint density at radius 2 is 1.77 bits per heavy atom. The number of nitrogens with zero attached hydrogens (tertiary/aromatic N) is 3. The Labute approximate surface area is 180 Å². The minimum Gasteiger partial charge on any atom is -0.497 e. The van der Waals surface area contributed by atoms with E-state index >= 15 is 0 Å². The second kappa shape index (κ2) is 8.93. The first-order valence-corrected chi connectivity index (χ1v) is 9.96. The molecule has 0 saturated heterocycles. The van der Waals surface area contributed by atoms with Crippen LogP contribution in [0.15, 0.2) is 60.8 Å². The molecule has 4 aromatic rings. The lowest BCUT2D eigenvalue weighted by Gasteiger charge is -2.11. The van der Waals surface area contributed by atoms with Gasteiger partial charge in [0.25, 0.3) is 0 Å². The molecule has 1 atom stereocenters. The van der Waals surface area contributed by atoms with Gasteiger partial charge in [-0.25, -0.2) is 9.67 Å². The number of nitrogen functional groups attached to an aromatic ring is 1. The van der Waals surface area contributed by atoms with E-state index < -0.39 is 0 Å². The van der Waals surface area contributed by atoms with E-state index in [1.807, 2.05) is 48.0 Å². The summed E-state index contributed by atoms with van der Waals surface area (Å²) >= 11 is 0. The van der Waals surface area contributed by atoms with Crippen LogP contribution in [0.25, 0.3) is 11.0 Å². The molecule has 4 N–H and O–H groups in total. The molecular weight excluding hydrogens is 394 g/mol. The van der Waals surface area contributed by atoms with Gasteiger partial charge < -0.3 is 25.6 Å². The fourth-order valence-corrected chi connectivity index (χ4v) is 3.21. The Kier molecular flexibility index (Phi) is 5.90. The van der Waals surface area contributed by atoms with Gasteiger partial charge in [-0.2, -0.15) is 5.10 Å². The van der Waals surface area contributed by atoms with E-state index in [9.17, 15) is 5.11 Å². The van der Waals surface area contributed by atoms with Crippen molar-refractivity contribution in [2.75, 3.05) is 24.8 Å². The van der Waals surface area contributed by atoms with Crippen LogP contribution in [-0.4, -0.2) is 39.6 Å². The maximum Gasteiger partial charge on any atom is 0.164 e. The summed E-state index contributed by atoms with van der Waals surface area (Å²) in [4.78, 5) is 4.55. The second-order valence-corrected chi connectivity index (χ2v) is 7.26. The lowest BCUT2D eigenvalue weighted by molar-refractivity contribution is 0.281. The molecule has 0 aliphatic heterocycles. The number of hydrogen-bond donors (Lipinski definition) is 3. The van der Waals surface area contributed by atoms with Gasteiger partial charge in [0.2, 0.25) is 0 Å². The molecular formula is C23H25N5O3. The average Bonchev–Trinajstić information content (AvgIpc) is 3.13. The third-order valence-corrected chi connectivity index (χ3v) is 4.85. The molecule has 4 rings (SSSR count). The predicted molar refractivity (Wildman–Crippen MR) is 121 cm³/mol. The Morgan fingerprint density at radius 3 is 2.45 bits per heavy atom. The molecule has 8 nitrogen and oxygen atoms in total. The highest BCUT2D eigenvalue weighted by Gasteiger charge is 2.19. The van der Waals surface area contributed by atoms with E-state index in [1.165, 1.54) is 0 Å². The highest BCUT2D eigenvalue weighted by Crippen LogP contribution is 2.34. The SMILES string of the molecule is COc1ccc(Cn2nc(NC(C)CO)c3c(Oc4ccc(N)cc4)ccnc32)cc1. The van der Waals surface area contributed by atoms with E-state index in [4.69, 9.17) is 20.3 Å².